The largest absolute Gasteiger partial charge is 0.381 e. The molecule has 0 N–H and O–H groups in total. The van der Waals surface area contributed by atoms with E-state index >= 15 is 0 Å². The highest BCUT2D eigenvalue weighted by molar-refractivity contribution is 5.95. The van der Waals surface area contributed by atoms with Crippen LogP contribution >= 0.6 is 0 Å². The number of pyridine rings is 1. The van der Waals surface area contributed by atoms with Gasteiger partial charge in [0.1, 0.15) is 0 Å². The van der Waals surface area contributed by atoms with Crippen LogP contribution in [0.3, 0.4) is 0 Å². The topological polar surface area (TPSA) is 57.3 Å². The van der Waals surface area contributed by atoms with Crippen LogP contribution in [0.2, 0.25) is 0 Å². The number of rotatable bonds is 5. The van der Waals surface area contributed by atoms with Crippen LogP contribution < -0.4 is 0 Å². The zero-order chi connectivity index (χ0) is 18.8. The molecule has 7 heteroatoms. The number of ether oxygens (including phenoxy) is 2. The van der Waals surface area contributed by atoms with Crippen molar-refractivity contribution in [1.82, 2.24) is 24.2 Å². The van der Waals surface area contributed by atoms with E-state index in [1.807, 2.05) is 18.6 Å². The van der Waals surface area contributed by atoms with Crippen molar-refractivity contribution >= 4 is 10.9 Å². The standard InChI is InChI=1S/C21H27N5O2/c1-4-22-14-21-19(1)20(16-26(21)18-2-9-27-10-3-18)17-13-23-25(15-17)6-5-24-7-11-28-12-8-24/h1,4,13-16,18H,2-3,5-12H2. The third-order valence-electron chi connectivity index (χ3n) is 5.91. The minimum atomic E-state index is 0.477. The van der Waals surface area contributed by atoms with Gasteiger partial charge in [-0.2, -0.15) is 5.10 Å². The fourth-order valence-electron chi connectivity index (χ4n) is 4.29. The normalized spacial score (nSPS) is 19.4. The van der Waals surface area contributed by atoms with Gasteiger partial charge >= 0.3 is 0 Å². The van der Waals surface area contributed by atoms with Crippen LogP contribution in [0.4, 0.5) is 0 Å². The highest BCUT2D eigenvalue weighted by atomic mass is 16.5. The minimum Gasteiger partial charge on any atom is -0.381 e. The van der Waals surface area contributed by atoms with Gasteiger partial charge in [0.25, 0.3) is 0 Å². The molecule has 0 radical (unpaired) electrons. The summed E-state index contributed by atoms with van der Waals surface area (Å²) in [5, 5.41) is 5.86. The maximum Gasteiger partial charge on any atom is 0.0675 e. The molecule has 28 heavy (non-hydrogen) atoms. The molecule has 7 nitrogen and oxygen atoms in total. The van der Waals surface area contributed by atoms with Crippen molar-refractivity contribution in [2.45, 2.75) is 25.4 Å². The highest BCUT2D eigenvalue weighted by Crippen LogP contribution is 2.34. The van der Waals surface area contributed by atoms with E-state index < -0.39 is 0 Å². The molecule has 0 saturated carbocycles. The van der Waals surface area contributed by atoms with Crippen LogP contribution in [0.5, 0.6) is 0 Å². The number of aromatic nitrogens is 4. The van der Waals surface area contributed by atoms with Gasteiger partial charge in [-0.25, -0.2) is 0 Å². The Labute approximate surface area is 164 Å². The minimum absolute atomic E-state index is 0.477. The van der Waals surface area contributed by atoms with E-state index in [0.717, 1.165) is 65.4 Å². The number of morpholine rings is 1. The molecule has 0 unspecified atom stereocenters. The van der Waals surface area contributed by atoms with E-state index in [4.69, 9.17) is 9.47 Å². The number of hydrogen-bond donors (Lipinski definition) is 0. The van der Waals surface area contributed by atoms with E-state index in [9.17, 15) is 0 Å². The highest BCUT2D eigenvalue weighted by Gasteiger charge is 2.20. The number of nitrogens with zero attached hydrogens (tertiary/aromatic N) is 5. The molecule has 0 aromatic carbocycles. The molecule has 2 fully saturated rings. The van der Waals surface area contributed by atoms with Crippen LogP contribution in [0.1, 0.15) is 18.9 Å². The molecule has 0 bridgehead atoms. The second-order valence-electron chi connectivity index (χ2n) is 7.63. The zero-order valence-electron chi connectivity index (χ0n) is 16.2. The van der Waals surface area contributed by atoms with E-state index in [1.165, 1.54) is 22.0 Å². The Kier molecular flexibility index (Phi) is 5.12. The first-order valence-corrected chi connectivity index (χ1v) is 10.2. The molecule has 5 heterocycles. The maximum absolute atomic E-state index is 5.55. The number of fused-ring (bicyclic) bond motifs is 1. The van der Waals surface area contributed by atoms with Gasteiger partial charge in [-0.3, -0.25) is 14.6 Å². The fourth-order valence-corrected chi connectivity index (χ4v) is 4.29. The third-order valence-corrected chi connectivity index (χ3v) is 5.91. The van der Waals surface area contributed by atoms with Crippen molar-refractivity contribution in [2.24, 2.45) is 0 Å². The van der Waals surface area contributed by atoms with Gasteiger partial charge < -0.3 is 14.0 Å². The molecule has 148 valence electrons. The van der Waals surface area contributed by atoms with Crippen molar-refractivity contribution in [3.05, 3.63) is 37.1 Å². The van der Waals surface area contributed by atoms with Crippen LogP contribution in [-0.2, 0) is 16.0 Å². The first-order valence-electron chi connectivity index (χ1n) is 10.2. The lowest BCUT2D eigenvalue weighted by molar-refractivity contribution is 0.0360. The molecule has 0 atom stereocenters. The van der Waals surface area contributed by atoms with E-state index in [-0.39, 0.29) is 0 Å². The van der Waals surface area contributed by atoms with E-state index in [1.54, 1.807) is 0 Å². The van der Waals surface area contributed by atoms with E-state index in [0.29, 0.717) is 6.04 Å². The maximum atomic E-state index is 5.55. The zero-order valence-corrected chi connectivity index (χ0v) is 16.2. The third kappa shape index (κ3) is 3.57. The molecule has 2 aliphatic rings. The van der Waals surface area contributed by atoms with Gasteiger partial charge in [0, 0.05) is 74.0 Å². The summed E-state index contributed by atoms with van der Waals surface area (Å²) in [6.45, 7) is 7.28. The summed E-state index contributed by atoms with van der Waals surface area (Å²) in [4.78, 5) is 6.81. The Bertz CT molecular complexity index is 922. The molecule has 0 spiro atoms. The molecule has 2 aliphatic heterocycles. The summed E-state index contributed by atoms with van der Waals surface area (Å²) in [5.41, 5.74) is 3.61. The van der Waals surface area contributed by atoms with Crippen molar-refractivity contribution in [2.75, 3.05) is 46.1 Å². The molecule has 3 aromatic heterocycles. The van der Waals surface area contributed by atoms with Gasteiger partial charge in [-0.1, -0.05) is 0 Å². The summed E-state index contributed by atoms with van der Waals surface area (Å²) < 4.78 is 15.4. The van der Waals surface area contributed by atoms with Crippen molar-refractivity contribution in [3.63, 3.8) is 0 Å². The summed E-state index contributed by atoms with van der Waals surface area (Å²) in [6, 6.07) is 2.59. The van der Waals surface area contributed by atoms with Crippen LogP contribution in [0.15, 0.2) is 37.1 Å². The van der Waals surface area contributed by atoms with Gasteiger partial charge in [0.15, 0.2) is 0 Å². The predicted molar refractivity (Wildman–Crippen MR) is 107 cm³/mol. The first-order chi connectivity index (χ1) is 13.9. The Balaban J connectivity index is 1.39. The lowest BCUT2D eigenvalue weighted by Crippen LogP contribution is -2.38. The summed E-state index contributed by atoms with van der Waals surface area (Å²) in [6.07, 6.45) is 12.4. The summed E-state index contributed by atoms with van der Waals surface area (Å²) in [7, 11) is 0. The second kappa shape index (κ2) is 8.03. The molecule has 0 aliphatic carbocycles. The Morgan fingerprint density at radius 3 is 2.64 bits per heavy atom. The smallest absolute Gasteiger partial charge is 0.0675 e. The average Bonchev–Trinajstić information content (AvgIpc) is 3.38. The molecule has 3 aromatic rings. The molecule has 0 amide bonds. The van der Waals surface area contributed by atoms with Crippen molar-refractivity contribution in [3.8, 4) is 11.1 Å². The fraction of sp³-hybridized carbons (Fsp3) is 0.524. The molecular formula is C21H27N5O2. The van der Waals surface area contributed by atoms with Gasteiger partial charge in [-0.15, -0.1) is 0 Å². The van der Waals surface area contributed by atoms with Crippen LogP contribution in [-0.4, -0.2) is 70.3 Å². The summed E-state index contributed by atoms with van der Waals surface area (Å²) >= 11 is 0. The lowest BCUT2D eigenvalue weighted by atomic mass is 10.1. The van der Waals surface area contributed by atoms with Crippen molar-refractivity contribution in [1.29, 1.82) is 0 Å². The second-order valence-corrected chi connectivity index (χ2v) is 7.63. The summed E-state index contributed by atoms with van der Waals surface area (Å²) in [5.74, 6) is 0. The van der Waals surface area contributed by atoms with Crippen LogP contribution in [0.25, 0.3) is 22.0 Å². The number of hydrogen-bond acceptors (Lipinski definition) is 5. The first kappa shape index (κ1) is 17.8. The average molecular weight is 381 g/mol. The van der Waals surface area contributed by atoms with Crippen molar-refractivity contribution < 1.29 is 9.47 Å². The molecule has 2 saturated heterocycles. The van der Waals surface area contributed by atoms with Crippen LogP contribution in [0, 0.1) is 0 Å². The Hall–Kier alpha value is -2.22. The predicted octanol–water partition coefficient (Wildman–Crippen LogP) is 2.58. The Morgan fingerprint density at radius 1 is 0.964 bits per heavy atom. The van der Waals surface area contributed by atoms with Gasteiger partial charge in [0.05, 0.1) is 37.7 Å². The van der Waals surface area contributed by atoms with Gasteiger partial charge in [0.2, 0.25) is 0 Å². The molecule has 5 rings (SSSR count). The van der Waals surface area contributed by atoms with E-state index in [2.05, 4.69) is 42.7 Å². The monoisotopic (exact) mass is 381 g/mol. The SMILES string of the molecule is c1cc2c(-c3cnn(CCN4CCOCC4)c3)cn(C3CCOCC3)c2cn1. The quantitative estimate of drug-likeness (QED) is 0.680. The van der Waals surface area contributed by atoms with Gasteiger partial charge in [-0.05, 0) is 18.9 Å². The Morgan fingerprint density at radius 2 is 1.79 bits per heavy atom. The molecular weight excluding hydrogens is 354 g/mol. The lowest BCUT2D eigenvalue weighted by Gasteiger charge is -2.26.